The number of nitrogens with zero attached hydrogens (tertiary/aromatic N) is 1. The first-order valence-corrected chi connectivity index (χ1v) is 13.7. The molecule has 34 heavy (non-hydrogen) atoms. The number of hydrogen-bond donors (Lipinski definition) is 1. The highest BCUT2D eigenvalue weighted by Gasteiger charge is 2.30. The molecule has 1 aliphatic rings. The Morgan fingerprint density at radius 3 is 2.53 bits per heavy atom. The van der Waals surface area contributed by atoms with E-state index in [4.69, 9.17) is 11.6 Å². The molecule has 184 valence electrons. The molecule has 2 amide bonds. The lowest BCUT2D eigenvalue weighted by molar-refractivity contribution is -0.139. The van der Waals surface area contributed by atoms with Crippen molar-refractivity contribution in [3.05, 3.63) is 70.5 Å². The molecule has 1 unspecified atom stereocenters. The highest BCUT2D eigenvalue weighted by molar-refractivity contribution is 7.99. The van der Waals surface area contributed by atoms with Crippen LogP contribution >= 0.6 is 23.4 Å². The molecule has 7 heteroatoms. The molecular formula is C27H34ClFN2O2S. The van der Waals surface area contributed by atoms with Crippen molar-refractivity contribution in [1.29, 1.82) is 0 Å². The zero-order chi connectivity index (χ0) is 24.3. The van der Waals surface area contributed by atoms with Crippen LogP contribution in [0.3, 0.4) is 0 Å². The van der Waals surface area contributed by atoms with Crippen LogP contribution in [0.2, 0.25) is 5.02 Å². The molecule has 0 aromatic heterocycles. The molecule has 0 bridgehead atoms. The number of hydrogen-bond acceptors (Lipinski definition) is 3. The van der Waals surface area contributed by atoms with Gasteiger partial charge in [0, 0.05) is 28.9 Å². The van der Waals surface area contributed by atoms with Gasteiger partial charge in [-0.3, -0.25) is 9.59 Å². The lowest BCUT2D eigenvalue weighted by Gasteiger charge is -2.32. The zero-order valence-corrected chi connectivity index (χ0v) is 21.3. The maximum Gasteiger partial charge on any atom is 0.243 e. The second-order valence-electron chi connectivity index (χ2n) is 8.78. The average Bonchev–Trinajstić information content (AvgIpc) is 2.84. The van der Waals surface area contributed by atoms with E-state index in [9.17, 15) is 14.0 Å². The Morgan fingerprint density at radius 1 is 1.12 bits per heavy atom. The van der Waals surface area contributed by atoms with E-state index < -0.39 is 6.04 Å². The van der Waals surface area contributed by atoms with Crippen LogP contribution < -0.4 is 5.32 Å². The van der Waals surface area contributed by atoms with E-state index in [1.165, 1.54) is 24.2 Å². The second-order valence-corrected chi connectivity index (χ2v) is 10.2. The Bertz CT molecular complexity index is 917. The molecule has 0 radical (unpaired) electrons. The molecule has 0 aliphatic heterocycles. The molecule has 4 nitrogen and oxygen atoms in total. The smallest absolute Gasteiger partial charge is 0.243 e. The number of rotatable bonds is 11. The summed E-state index contributed by atoms with van der Waals surface area (Å²) in [5.41, 5.74) is 1.52. The first-order chi connectivity index (χ1) is 16.5. The maximum atomic E-state index is 14.1. The largest absolute Gasteiger partial charge is 0.352 e. The van der Waals surface area contributed by atoms with Gasteiger partial charge in [0.2, 0.25) is 11.8 Å². The van der Waals surface area contributed by atoms with Gasteiger partial charge in [-0.2, -0.15) is 0 Å². The quantitative estimate of drug-likeness (QED) is 0.407. The molecule has 1 saturated carbocycles. The van der Waals surface area contributed by atoms with Gasteiger partial charge in [0.15, 0.2) is 0 Å². The molecule has 3 rings (SSSR count). The van der Waals surface area contributed by atoms with Gasteiger partial charge in [0.05, 0.1) is 5.75 Å². The minimum absolute atomic E-state index is 0.0713. The van der Waals surface area contributed by atoms with Crippen LogP contribution in [0.1, 0.15) is 56.6 Å². The van der Waals surface area contributed by atoms with Gasteiger partial charge < -0.3 is 10.2 Å². The van der Waals surface area contributed by atoms with Crippen molar-refractivity contribution in [1.82, 2.24) is 10.2 Å². The van der Waals surface area contributed by atoms with E-state index in [1.807, 2.05) is 37.3 Å². The predicted molar refractivity (Wildman–Crippen MR) is 139 cm³/mol. The Labute approximate surface area is 211 Å². The van der Waals surface area contributed by atoms with E-state index in [0.717, 1.165) is 31.2 Å². The van der Waals surface area contributed by atoms with Crippen molar-refractivity contribution in [3.8, 4) is 0 Å². The Hall–Kier alpha value is -2.05. The number of amides is 2. The molecule has 0 spiro atoms. The van der Waals surface area contributed by atoms with Gasteiger partial charge in [-0.05, 0) is 43.4 Å². The summed E-state index contributed by atoms with van der Waals surface area (Å²) in [5.74, 6) is -0.0923. The molecule has 1 aliphatic carbocycles. The van der Waals surface area contributed by atoms with Crippen molar-refractivity contribution in [2.75, 3.05) is 12.3 Å². The molecule has 0 saturated heterocycles. The van der Waals surface area contributed by atoms with E-state index in [1.54, 1.807) is 17.0 Å². The van der Waals surface area contributed by atoms with Crippen LogP contribution in [0.25, 0.3) is 0 Å². The van der Waals surface area contributed by atoms with E-state index in [-0.39, 0.29) is 29.4 Å². The van der Waals surface area contributed by atoms with Gasteiger partial charge in [-0.1, -0.05) is 74.2 Å². The number of carbonyl (C=O) groups excluding carboxylic acids is 2. The summed E-state index contributed by atoms with van der Waals surface area (Å²) in [6.07, 6.45) is 6.70. The van der Waals surface area contributed by atoms with Gasteiger partial charge in [0.1, 0.15) is 11.9 Å². The van der Waals surface area contributed by atoms with Crippen molar-refractivity contribution < 1.29 is 14.0 Å². The summed E-state index contributed by atoms with van der Waals surface area (Å²) >= 11 is 7.45. The van der Waals surface area contributed by atoms with Crippen molar-refractivity contribution >= 4 is 35.2 Å². The zero-order valence-electron chi connectivity index (χ0n) is 19.8. The number of nitrogens with one attached hydrogen (secondary N) is 1. The fourth-order valence-electron chi connectivity index (χ4n) is 4.43. The SMILES string of the molecule is CCC(C(=O)NC1CCCCC1)N(CCc1ccccc1)C(=O)CSCc1c(F)cccc1Cl. The highest BCUT2D eigenvalue weighted by atomic mass is 35.5. The molecule has 1 atom stereocenters. The lowest BCUT2D eigenvalue weighted by atomic mass is 9.95. The summed E-state index contributed by atoms with van der Waals surface area (Å²) in [4.78, 5) is 28.2. The molecule has 1 fully saturated rings. The van der Waals surface area contributed by atoms with Gasteiger partial charge >= 0.3 is 0 Å². The van der Waals surface area contributed by atoms with Crippen LogP contribution in [0, 0.1) is 5.82 Å². The Balaban J connectivity index is 1.67. The van der Waals surface area contributed by atoms with Gasteiger partial charge in [0.25, 0.3) is 0 Å². The van der Waals surface area contributed by atoms with Crippen LogP contribution in [-0.4, -0.2) is 41.1 Å². The minimum atomic E-state index is -0.518. The third kappa shape index (κ3) is 7.74. The number of benzene rings is 2. The molecule has 2 aromatic rings. The molecule has 2 aromatic carbocycles. The minimum Gasteiger partial charge on any atom is -0.352 e. The van der Waals surface area contributed by atoms with E-state index in [2.05, 4.69) is 5.32 Å². The summed E-state index contributed by atoms with van der Waals surface area (Å²) in [5, 5.41) is 3.55. The average molecular weight is 505 g/mol. The Morgan fingerprint density at radius 2 is 1.85 bits per heavy atom. The predicted octanol–water partition coefficient (Wildman–Crippen LogP) is 6.01. The third-order valence-electron chi connectivity index (χ3n) is 6.36. The van der Waals surface area contributed by atoms with Crippen molar-refractivity contribution in [2.24, 2.45) is 0 Å². The number of halogens is 2. The first kappa shape index (κ1) is 26.6. The third-order valence-corrected chi connectivity index (χ3v) is 7.65. The summed E-state index contributed by atoms with van der Waals surface area (Å²) < 4.78 is 14.1. The van der Waals surface area contributed by atoms with Crippen LogP contribution in [0.4, 0.5) is 4.39 Å². The molecular weight excluding hydrogens is 471 g/mol. The lowest BCUT2D eigenvalue weighted by Crippen LogP contribution is -2.52. The van der Waals surface area contributed by atoms with E-state index in [0.29, 0.717) is 35.7 Å². The highest BCUT2D eigenvalue weighted by Crippen LogP contribution is 2.24. The maximum absolute atomic E-state index is 14.1. The van der Waals surface area contributed by atoms with Crippen LogP contribution in [0.5, 0.6) is 0 Å². The van der Waals surface area contributed by atoms with Crippen LogP contribution in [0.15, 0.2) is 48.5 Å². The summed E-state index contributed by atoms with van der Waals surface area (Å²) in [6.45, 7) is 2.40. The van der Waals surface area contributed by atoms with Crippen LogP contribution in [-0.2, 0) is 21.8 Å². The topological polar surface area (TPSA) is 49.4 Å². The van der Waals surface area contributed by atoms with Crippen molar-refractivity contribution in [3.63, 3.8) is 0 Å². The monoisotopic (exact) mass is 504 g/mol. The summed E-state index contributed by atoms with van der Waals surface area (Å²) in [6, 6.07) is 14.2. The number of thioether (sulfide) groups is 1. The van der Waals surface area contributed by atoms with Crippen molar-refractivity contribution in [2.45, 2.75) is 69.7 Å². The Kier molecular flexibility index (Phi) is 10.7. The standard InChI is InChI=1S/C27H34ClFN2O2S/c1-2-25(27(33)30-21-12-7-4-8-13-21)31(17-16-20-10-5-3-6-11-20)26(32)19-34-18-22-23(28)14-9-15-24(22)29/h3,5-6,9-11,14-15,21,25H,2,4,7-8,12-13,16-19H2,1H3,(H,30,33). The summed E-state index contributed by atoms with van der Waals surface area (Å²) in [7, 11) is 0. The fraction of sp³-hybridized carbons (Fsp3) is 0.481. The van der Waals surface area contributed by atoms with E-state index >= 15 is 0 Å². The second kappa shape index (κ2) is 13.7. The molecule has 1 N–H and O–H groups in total. The molecule has 0 heterocycles. The van der Waals surface area contributed by atoms with Gasteiger partial charge in [-0.25, -0.2) is 4.39 Å². The fourth-order valence-corrected chi connectivity index (χ4v) is 5.68. The normalized spacial score (nSPS) is 15.0. The van der Waals surface area contributed by atoms with Gasteiger partial charge in [-0.15, -0.1) is 11.8 Å². The number of carbonyl (C=O) groups is 2. The first-order valence-electron chi connectivity index (χ1n) is 12.1.